The van der Waals surface area contributed by atoms with E-state index in [1.165, 1.54) is 6.92 Å². The number of amidine groups is 1. The number of rotatable bonds is 2. The molecule has 1 aliphatic rings. The maximum atomic E-state index is 10.7. The standard InChI is InChI=1S/C6H11N3O/c1-4(10)5(7)6-8-2-3-9-6/h5H,2-3,7H2,1H3,(H,8,9). The number of carbonyl (C=O) groups is 1. The highest BCUT2D eigenvalue weighted by atomic mass is 16.1. The normalized spacial score (nSPS) is 19.6. The van der Waals surface area contributed by atoms with Gasteiger partial charge < -0.3 is 11.1 Å². The molecule has 0 saturated carbocycles. The van der Waals surface area contributed by atoms with Crippen LogP contribution in [0.4, 0.5) is 0 Å². The molecular weight excluding hydrogens is 130 g/mol. The van der Waals surface area contributed by atoms with Crippen molar-refractivity contribution in [3.05, 3.63) is 0 Å². The third kappa shape index (κ3) is 1.33. The molecule has 0 saturated heterocycles. The van der Waals surface area contributed by atoms with E-state index in [-0.39, 0.29) is 5.78 Å². The number of ketones is 1. The Labute approximate surface area is 59.5 Å². The molecule has 0 aliphatic carbocycles. The van der Waals surface area contributed by atoms with Gasteiger partial charge in [-0.05, 0) is 6.92 Å². The quantitative estimate of drug-likeness (QED) is 0.513. The van der Waals surface area contributed by atoms with Gasteiger partial charge in [0.05, 0.1) is 6.54 Å². The molecule has 10 heavy (non-hydrogen) atoms. The van der Waals surface area contributed by atoms with Crippen LogP contribution in [-0.4, -0.2) is 30.8 Å². The van der Waals surface area contributed by atoms with Crippen molar-refractivity contribution in [2.75, 3.05) is 13.1 Å². The number of nitrogens with zero attached hydrogens (tertiary/aromatic N) is 1. The van der Waals surface area contributed by atoms with Crippen molar-refractivity contribution in [1.82, 2.24) is 5.32 Å². The van der Waals surface area contributed by atoms with Gasteiger partial charge in [0.25, 0.3) is 0 Å². The molecule has 1 aliphatic heterocycles. The monoisotopic (exact) mass is 141 g/mol. The van der Waals surface area contributed by atoms with E-state index < -0.39 is 6.04 Å². The summed E-state index contributed by atoms with van der Waals surface area (Å²) in [6, 6.07) is -0.539. The average Bonchev–Trinajstić information content (AvgIpc) is 2.36. The molecule has 56 valence electrons. The lowest BCUT2D eigenvalue weighted by atomic mass is 10.2. The first-order valence-corrected chi connectivity index (χ1v) is 3.26. The summed E-state index contributed by atoms with van der Waals surface area (Å²) in [5.74, 6) is 0.584. The number of hydrogen-bond acceptors (Lipinski definition) is 4. The van der Waals surface area contributed by atoms with Crippen molar-refractivity contribution in [2.45, 2.75) is 13.0 Å². The Bertz CT molecular complexity index is 176. The van der Waals surface area contributed by atoms with E-state index in [1.54, 1.807) is 0 Å². The summed E-state index contributed by atoms with van der Waals surface area (Å²) in [6.45, 7) is 3.00. The molecule has 0 radical (unpaired) electrons. The largest absolute Gasteiger partial charge is 0.370 e. The topological polar surface area (TPSA) is 67.5 Å². The molecule has 1 unspecified atom stereocenters. The summed E-state index contributed by atoms with van der Waals surface area (Å²) in [5, 5.41) is 2.94. The number of carbonyl (C=O) groups excluding carboxylic acids is 1. The van der Waals surface area contributed by atoms with Crippen molar-refractivity contribution in [3.8, 4) is 0 Å². The van der Waals surface area contributed by atoms with E-state index in [0.29, 0.717) is 5.84 Å². The summed E-state index contributed by atoms with van der Waals surface area (Å²) in [6.07, 6.45) is 0. The van der Waals surface area contributed by atoms with Crippen molar-refractivity contribution in [1.29, 1.82) is 0 Å². The van der Waals surface area contributed by atoms with Gasteiger partial charge in [0.1, 0.15) is 11.9 Å². The molecule has 1 atom stereocenters. The van der Waals surface area contributed by atoms with Gasteiger partial charge in [0, 0.05) is 6.54 Å². The molecule has 3 N–H and O–H groups in total. The Hall–Kier alpha value is -0.900. The molecule has 0 fully saturated rings. The summed E-state index contributed by atoms with van der Waals surface area (Å²) >= 11 is 0. The van der Waals surface area contributed by atoms with Crippen LogP contribution < -0.4 is 11.1 Å². The van der Waals surface area contributed by atoms with Crippen molar-refractivity contribution in [3.63, 3.8) is 0 Å². The fourth-order valence-corrected chi connectivity index (χ4v) is 0.817. The predicted octanol–water partition coefficient (Wildman–Crippen LogP) is -1.10. The molecule has 0 spiro atoms. The molecule has 4 heteroatoms. The van der Waals surface area contributed by atoms with Gasteiger partial charge in [-0.25, -0.2) is 0 Å². The van der Waals surface area contributed by atoms with E-state index in [1.807, 2.05) is 0 Å². The summed E-state index contributed by atoms with van der Waals surface area (Å²) < 4.78 is 0. The van der Waals surface area contributed by atoms with E-state index in [0.717, 1.165) is 13.1 Å². The van der Waals surface area contributed by atoms with Crippen LogP contribution in [0, 0.1) is 0 Å². The molecule has 0 amide bonds. The van der Waals surface area contributed by atoms with Crippen molar-refractivity contribution < 1.29 is 4.79 Å². The maximum absolute atomic E-state index is 10.7. The second-order valence-electron chi connectivity index (χ2n) is 2.28. The lowest BCUT2D eigenvalue weighted by Gasteiger charge is -2.06. The highest BCUT2D eigenvalue weighted by molar-refractivity contribution is 6.07. The van der Waals surface area contributed by atoms with Gasteiger partial charge in [0.2, 0.25) is 0 Å². The van der Waals surface area contributed by atoms with Gasteiger partial charge in [-0.2, -0.15) is 0 Å². The molecule has 0 aromatic heterocycles. The highest BCUT2D eigenvalue weighted by Gasteiger charge is 2.17. The van der Waals surface area contributed by atoms with Crippen LogP contribution in [0.5, 0.6) is 0 Å². The summed E-state index contributed by atoms with van der Waals surface area (Å²) in [4.78, 5) is 14.7. The van der Waals surface area contributed by atoms with Gasteiger partial charge in [0.15, 0.2) is 5.78 Å². The van der Waals surface area contributed by atoms with Crippen LogP contribution in [-0.2, 0) is 4.79 Å². The van der Waals surface area contributed by atoms with Gasteiger partial charge in [-0.15, -0.1) is 0 Å². The van der Waals surface area contributed by atoms with Crippen LogP contribution in [0.1, 0.15) is 6.92 Å². The maximum Gasteiger partial charge on any atom is 0.154 e. The highest BCUT2D eigenvalue weighted by Crippen LogP contribution is 1.90. The first-order chi connectivity index (χ1) is 4.72. The Kier molecular flexibility index (Phi) is 2.01. The van der Waals surface area contributed by atoms with Crippen molar-refractivity contribution >= 4 is 11.6 Å². The van der Waals surface area contributed by atoms with Crippen LogP contribution in [0.2, 0.25) is 0 Å². The molecule has 1 rings (SSSR count). The zero-order valence-corrected chi connectivity index (χ0v) is 5.92. The smallest absolute Gasteiger partial charge is 0.154 e. The molecule has 0 aromatic rings. The Morgan fingerprint density at radius 3 is 3.00 bits per heavy atom. The van der Waals surface area contributed by atoms with E-state index in [2.05, 4.69) is 10.3 Å². The zero-order valence-electron chi connectivity index (χ0n) is 5.92. The van der Waals surface area contributed by atoms with Crippen LogP contribution >= 0.6 is 0 Å². The lowest BCUT2D eigenvalue weighted by Crippen LogP contribution is -2.43. The summed E-state index contributed by atoms with van der Waals surface area (Å²) in [5.41, 5.74) is 5.48. The minimum Gasteiger partial charge on any atom is -0.370 e. The number of nitrogens with two attached hydrogens (primary N) is 1. The Morgan fingerprint density at radius 1 is 1.90 bits per heavy atom. The van der Waals surface area contributed by atoms with E-state index in [9.17, 15) is 4.79 Å². The minimum atomic E-state index is -0.539. The minimum absolute atomic E-state index is 0.0480. The average molecular weight is 141 g/mol. The second kappa shape index (κ2) is 2.79. The molecule has 0 bridgehead atoms. The van der Waals surface area contributed by atoms with Crippen LogP contribution in [0.25, 0.3) is 0 Å². The van der Waals surface area contributed by atoms with Crippen LogP contribution in [0.3, 0.4) is 0 Å². The number of nitrogens with one attached hydrogen (secondary N) is 1. The first kappa shape index (κ1) is 7.21. The second-order valence-corrected chi connectivity index (χ2v) is 2.28. The number of aliphatic imine (C=N–C) groups is 1. The summed E-state index contributed by atoms with van der Waals surface area (Å²) in [7, 11) is 0. The van der Waals surface area contributed by atoms with Crippen molar-refractivity contribution in [2.24, 2.45) is 10.7 Å². The van der Waals surface area contributed by atoms with E-state index in [4.69, 9.17) is 5.73 Å². The third-order valence-corrected chi connectivity index (χ3v) is 1.43. The molecule has 0 aromatic carbocycles. The fourth-order valence-electron chi connectivity index (χ4n) is 0.817. The number of hydrogen-bond donors (Lipinski definition) is 2. The third-order valence-electron chi connectivity index (χ3n) is 1.43. The SMILES string of the molecule is CC(=O)C(N)C1=NCCN1. The van der Waals surface area contributed by atoms with Crippen LogP contribution in [0.15, 0.2) is 4.99 Å². The zero-order chi connectivity index (χ0) is 7.56. The Balaban J connectivity index is 2.55. The van der Waals surface area contributed by atoms with E-state index >= 15 is 0 Å². The number of Topliss-reactive ketones (excluding diaryl/α,β-unsaturated/α-hetero) is 1. The molecule has 1 heterocycles. The van der Waals surface area contributed by atoms with Gasteiger partial charge in [-0.1, -0.05) is 0 Å². The molecule has 4 nitrogen and oxygen atoms in total. The van der Waals surface area contributed by atoms with Gasteiger partial charge in [-0.3, -0.25) is 9.79 Å². The first-order valence-electron chi connectivity index (χ1n) is 3.26. The Morgan fingerprint density at radius 2 is 2.60 bits per heavy atom. The molecular formula is C6H11N3O. The van der Waals surface area contributed by atoms with Gasteiger partial charge >= 0.3 is 0 Å². The fraction of sp³-hybridized carbons (Fsp3) is 0.667. The lowest BCUT2D eigenvalue weighted by molar-refractivity contribution is -0.116. The predicted molar refractivity (Wildman–Crippen MR) is 39.0 cm³/mol.